The van der Waals surface area contributed by atoms with Crippen molar-refractivity contribution < 1.29 is 5.21 Å². The van der Waals surface area contributed by atoms with Gasteiger partial charge in [0.05, 0.1) is 5.56 Å². The summed E-state index contributed by atoms with van der Waals surface area (Å²) in [7, 11) is 0. The summed E-state index contributed by atoms with van der Waals surface area (Å²) in [4.78, 5) is 8.52. The van der Waals surface area contributed by atoms with Gasteiger partial charge >= 0.3 is 0 Å². The molecule has 0 amide bonds. The van der Waals surface area contributed by atoms with E-state index >= 15 is 0 Å². The van der Waals surface area contributed by atoms with Crippen molar-refractivity contribution in [2.24, 2.45) is 10.9 Å². The molecule has 0 unspecified atom stereocenters. The van der Waals surface area contributed by atoms with Crippen molar-refractivity contribution in [2.75, 3.05) is 0 Å². The number of nitrogens with two attached hydrogens (primary N) is 1. The lowest BCUT2D eigenvalue weighted by Gasteiger charge is -2.18. The number of fused-ring (bicyclic) bond motifs is 1. The van der Waals surface area contributed by atoms with Crippen LogP contribution < -0.4 is 5.73 Å². The average Bonchev–Trinajstić information content (AvgIpc) is 2.99. The Morgan fingerprint density at radius 3 is 2.95 bits per heavy atom. The molecule has 0 aromatic carbocycles. The van der Waals surface area contributed by atoms with E-state index in [-0.39, 0.29) is 5.84 Å². The molecule has 2 aromatic heterocycles. The fourth-order valence-electron chi connectivity index (χ4n) is 2.36. The van der Waals surface area contributed by atoms with Gasteiger partial charge in [-0.05, 0) is 37.3 Å². The molecule has 3 rings (SSSR count). The van der Waals surface area contributed by atoms with E-state index in [0.29, 0.717) is 11.4 Å². The molecule has 1 aliphatic rings. The van der Waals surface area contributed by atoms with E-state index in [0.717, 1.165) is 36.9 Å². The maximum atomic E-state index is 8.90. The normalized spacial score (nSPS) is 15.3. The van der Waals surface area contributed by atoms with Gasteiger partial charge in [0, 0.05) is 5.69 Å². The second-order valence-electron chi connectivity index (χ2n) is 4.50. The van der Waals surface area contributed by atoms with Crippen LogP contribution in [-0.4, -0.2) is 30.8 Å². The van der Waals surface area contributed by atoms with Crippen molar-refractivity contribution in [3.05, 3.63) is 35.5 Å². The summed E-state index contributed by atoms with van der Waals surface area (Å²) in [6, 6.07) is 1.94. The van der Waals surface area contributed by atoms with Crippen LogP contribution >= 0.6 is 0 Å². The highest BCUT2D eigenvalue weighted by atomic mass is 16.4. The average molecular weight is 258 g/mol. The van der Waals surface area contributed by atoms with Crippen LogP contribution in [0.5, 0.6) is 0 Å². The van der Waals surface area contributed by atoms with Gasteiger partial charge in [-0.1, -0.05) is 5.16 Å². The number of rotatable bonds is 2. The van der Waals surface area contributed by atoms with E-state index in [1.807, 2.05) is 6.07 Å². The number of amidine groups is 1. The Bertz CT molecular complexity index is 619. The number of aryl methyl sites for hydroxylation is 2. The van der Waals surface area contributed by atoms with Crippen molar-refractivity contribution in [1.29, 1.82) is 0 Å². The Labute approximate surface area is 109 Å². The van der Waals surface area contributed by atoms with Crippen molar-refractivity contribution in [3.63, 3.8) is 0 Å². The number of hydrogen-bond acceptors (Lipinski definition) is 5. The van der Waals surface area contributed by atoms with Gasteiger partial charge in [0.25, 0.3) is 0 Å². The van der Waals surface area contributed by atoms with Gasteiger partial charge in [0.2, 0.25) is 0 Å². The second kappa shape index (κ2) is 4.68. The molecule has 0 saturated carbocycles. The van der Waals surface area contributed by atoms with Gasteiger partial charge in [0.1, 0.15) is 12.7 Å². The lowest BCUT2D eigenvalue weighted by Crippen LogP contribution is -2.20. The molecule has 0 fully saturated rings. The van der Waals surface area contributed by atoms with E-state index in [1.54, 1.807) is 6.33 Å². The lowest BCUT2D eigenvalue weighted by molar-refractivity contribution is 0.318. The quantitative estimate of drug-likeness (QED) is 0.356. The van der Waals surface area contributed by atoms with E-state index in [1.165, 1.54) is 11.0 Å². The summed E-state index contributed by atoms with van der Waals surface area (Å²) in [5.41, 5.74) is 8.54. The molecule has 0 saturated heterocycles. The van der Waals surface area contributed by atoms with E-state index < -0.39 is 0 Å². The minimum absolute atomic E-state index is 0.0337. The molecule has 19 heavy (non-hydrogen) atoms. The summed E-state index contributed by atoms with van der Waals surface area (Å²) in [5, 5.41) is 16.0. The van der Waals surface area contributed by atoms with Crippen molar-refractivity contribution >= 4 is 5.84 Å². The highest BCUT2D eigenvalue weighted by Crippen LogP contribution is 2.23. The minimum Gasteiger partial charge on any atom is -0.409 e. The van der Waals surface area contributed by atoms with Gasteiger partial charge in [-0.25, -0.2) is 14.6 Å². The Morgan fingerprint density at radius 1 is 1.37 bits per heavy atom. The second-order valence-corrected chi connectivity index (χ2v) is 4.50. The molecule has 1 aliphatic carbocycles. The zero-order chi connectivity index (χ0) is 13.2. The standard InChI is InChI=1S/C12H14N6O/c13-11(17-19)9-5-8-3-1-2-4-10(8)16-12(9)18-7-14-6-15-18/h5-7,19H,1-4H2,(H2,13,17). The van der Waals surface area contributed by atoms with E-state index in [2.05, 4.69) is 20.2 Å². The Hall–Kier alpha value is -2.44. The largest absolute Gasteiger partial charge is 0.409 e. The Morgan fingerprint density at radius 2 is 2.21 bits per heavy atom. The molecule has 0 spiro atoms. The zero-order valence-electron chi connectivity index (χ0n) is 10.3. The first kappa shape index (κ1) is 11.6. The lowest BCUT2D eigenvalue weighted by atomic mass is 9.94. The van der Waals surface area contributed by atoms with Gasteiger partial charge in [-0.2, -0.15) is 5.10 Å². The molecular formula is C12H14N6O. The molecule has 7 heteroatoms. The van der Waals surface area contributed by atoms with Crippen LogP contribution in [0.25, 0.3) is 5.82 Å². The SMILES string of the molecule is NC(=NO)c1cc2c(nc1-n1cncn1)CCCC2. The van der Waals surface area contributed by atoms with Gasteiger partial charge in [-0.3, -0.25) is 0 Å². The first-order chi connectivity index (χ1) is 9.29. The molecule has 0 radical (unpaired) electrons. The van der Waals surface area contributed by atoms with Crippen LogP contribution in [0, 0.1) is 0 Å². The fourth-order valence-corrected chi connectivity index (χ4v) is 2.36. The fraction of sp³-hybridized carbons (Fsp3) is 0.333. The molecule has 98 valence electrons. The third-order valence-corrected chi connectivity index (χ3v) is 3.30. The topological polar surface area (TPSA) is 102 Å². The maximum absolute atomic E-state index is 8.90. The summed E-state index contributed by atoms with van der Waals surface area (Å²) < 4.78 is 1.53. The molecule has 0 aliphatic heterocycles. The van der Waals surface area contributed by atoms with Crippen LogP contribution in [-0.2, 0) is 12.8 Å². The Balaban J connectivity index is 2.20. The predicted molar refractivity (Wildman–Crippen MR) is 68.3 cm³/mol. The monoisotopic (exact) mass is 258 g/mol. The van der Waals surface area contributed by atoms with Crippen molar-refractivity contribution in [2.45, 2.75) is 25.7 Å². The Kier molecular flexibility index (Phi) is 2.86. The molecule has 7 nitrogen and oxygen atoms in total. The first-order valence-corrected chi connectivity index (χ1v) is 6.15. The number of pyridine rings is 1. The molecule has 0 atom stereocenters. The highest BCUT2D eigenvalue weighted by Gasteiger charge is 2.18. The molecule has 3 N–H and O–H groups in total. The zero-order valence-corrected chi connectivity index (χ0v) is 10.3. The molecule has 2 aromatic rings. The minimum atomic E-state index is 0.0337. The van der Waals surface area contributed by atoms with Gasteiger partial charge < -0.3 is 10.9 Å². The van der Waals surface area contributed by atoms with E-state index in [9.17, 15) is 0 Å². The molecular weight excluding hydrogens is 244 g/mol. The summed E-state index contributed by atoms with van der Waals surface area (Å²) in [6.45, 7) is 0. The van der Waals surface area contributed by atoms with Crippen LogP contribution in [0.3, 0.4) is 0 Å². The number of nitrogens with zero attached hydrogens (tertiary/aromatic N) is 5. The predicted octanol–water partition coefficient (Wildman–Crippen LogP) is 0.636. The molecule has 0 bridgehead atoms. The maximum Gasteiger partial charge on any atom is 0.173 e. The molecule has 2 heterocycles. The number of hydrogen-bond donors (Lipinski definition) is 2. The summed E-state index contributed by atoms with van der Waals surface area (Å²) in [6.07, 6.45) is 7.19. The van der Waals surface area contributed by atoms with Crippen LogP contribution in [0.15, 0.2) is 23.9 Å². The first-order valence-electron chi connectivity index (χ1n) is 6.15. The van der Waals surface area contributed by atoms with Crippen molar-refractivity contribution in [1.82, 2.24) is 19.7 Å². The van der Waals surface area contributed by atoms with Gasteiger partial charge in [0.15, 0.2) is 11.7 Å². The van der Waals surface area contributed by atoms with Crippen LogP contribution in [0.4, 0.5) is 0 Å². The summed E-state index contributed by atoms with van der Waals surface area (Å²) >= 11 is 0. The van der Waals surface area contributed by atoms with Crippen LogP contribution in [0.2, 0.25) is 0 Å². The highest BCUT2D eigenvalue weighted by molar-refractivity contribution is 6.00. The van der Waals surface area contributed by atoms with Gasteiger partial charge in [-0.15, -0.1) is 0 Å². The van der Waals surface area contributed by atoms with Crippen LogP contribution in [0.1, 0.15) is 29.7 Å². The number of oxime groups is 1. The third-order valence-electron chi connectivity index (χ3n) is 3.30. The smallest absolute Gasteiger partial charge is 0.173 e. The van der Waals surface area contributed by atoms with Crippen molar-refractivity contribution in [3.8, 4) is 5.82 Å². The number of aromatic nitrogens is 4. The van der Waals surface area contributed by atoms with E-state index in [4.69, 9.17) is 10.9 Å². The third kappa shape index (κ3) is 2.03. The summed E-state index contributed by atoms with van der Waals surface area (Å²) in [5.74, 6) is 0.583.